The molecule has 0 atom stereocenters. The van der Waals surface area contributed by atoms with Gasteiger partial charge in [0.05, 0.1) is 18.9 Å². The zero-order chi connectivity index (χ0) is 13.0. The monoisotopic (exact) mass is 250 g/mol. The molecule has 1 aromatic rings. The fourth-order valence-electron chi connectivity index (χ4n) is 2.26. The molecule has 1 aromatic heterocycles. The molecule has 4 heteroatoms. The number of pyridine rings is 1. The molecule has 100 valence electrons. The Kier molecular flexibility index (Phi) is 4.55. The average molecular weight is 250 g/mol. The second-order valence-electron chi connectivity index (χ2n) is 4.77. The Morgan fingerprint density at radius 3 is 2.83 bits per heavy atom. The highest BCUT2D eigenvalue weighted by molar-refractivity contribution is 5.26. The van der Waals surface area contributed by atoms with E-state index < -0.39 is 0 Å². The Bertz CT molecular complexity index is 389. The molecule has 0 saturated heterocycles. The number of hydrogen-bond donors (Lipinski definition) is 1. The van der Waals surface area contributed by atoms with Gasteiger partial charge in [-0.2, -0.15) is 0 Å². The van der Waals surface area contributed by atoms with E-state index in [1.165, 1.54) is 0 Å². The lowest BCUT2D eigenvalue weighted by Gasteiger charge is -2.35. The summed E-state index contributed by atoms with van der Waals surface area (Å²) in [7, 11) is 1.69. The molecule has 0 radical (unpaired) electrons. The van der Waals surface area contributed by atoms with Gasteiger partial charge in [0.25, 0.3) is 0 Å². The van der Waals surface area contributed by atoms with Crippen molar-refractivity contribution in [3.05, 3.63) is 23.5 Å². The van der Waals surface area contributed by atoms with E-state index in [-0.39, 0.29) is 0 Å². The first-order valence-corrected chi connectivity index (χ1v) is 6.57. The summed E-state index contributed by atoms with van der Waals surface area (Å²) in [6, 6.07) is 4.49. The zero-order valence-electron chi connectivity index (χ0n) is 11.4. The Balaban J connectivity index is 1.79. The van der Waals surface area contributed by atoms with Crippen molar-refractivity contribution in [1.82, 2.24) is 10.3 Å². The second kappa shape index (κ2) is 6.16. The zero-order valence-corrected chi connectivity index (χ0v) is 11.4. The van der Waals surface area contributed by atoms with Crippen molar-refractivity contribution in [3.8, 4) is 5.75 Å². The van der Waals surface area contributed by atoms with Crippen LogP contribution < -0.4 is 10.1 Å². The Hall–Kier alpha value is -1.13. The Morgan fingerprint density at radius 1 is 1.39 bits per heavy atom. The van der Waals surface area contributed by atoms with Crippen LogP contribution in [0.2, 0.25) is 0 Å². The first-order chi connectivity index (χ1) is 8.71. The molecular formula is C14H22N2O2. The smallest absolute Gasteiger partial charge is 0.122 e. The molecule has 1 aliphatic rings. The van der Waals surface area contributed by atoms with Gasteiger partial charge in [0.2, 0.25) is 0 Å². The summed E-state index contributed by atoms with van der Waals surface area (Å²) in [5.41, 5.74) is 2.03. The van der Waals surface area contributed by atoms with Crippen LogP contribution in [0.15, 0.2) is 12.1 Å². The third-order valence-electron chi connectivity index (χ3n) is 3.28. The van der Waals surface area contributed by atoms with E-state index in [1.54, 1.807) is 7.11 Å². The molecule has 0 aliphatic heterocycles. The van der Waals surface area contributed by atoms with Crippen LogP contribution in [0.25, 0.3) is 0 Å². The van der Waals surface area contributed by atoms with Gasteiger partial charge in [-0.3, -0.25) is 4.98 Å². The maximum atomic E-state index is 5.54. The largest absolute Gasteiger partial charge is 0.497 e. The van der Waals surface area contributed by atoms with Gasteiger partial charge >= 0.3 is 0 Å². The number of hydrogen-bond acceptors (Lipinski definition) is 4. The summed E-state index contributed by atoms with van der Waals surface area (Å²) in [5.74, 6) is 0.875. The van der Waals surface area contributed by atoms with Gasteiger partial charge in [0, 0.05) is 37.0 Å². The molecule has 1 heterocycles. The fourth-order valence-corrected chi connectivity index (χ4v) is 2.26. The summed E-state index contributed by atoms with van der Waals surface area (Å²) in [6.07, 6.45) is 2.67. The number of nitrogens with zero attached hydrogens (tertiary/aromatic N) is 1. The molecule has 0 bridgehead atoms. The minimum absolute atomic E-state index is 0.451. The predicted molar refractivity (Wildman–Crippen MR) is 70.8 cm³/mol. The molecular weight excluding hydrogens is 228 g/mol. The summed E-state index contributed by atoms with van der Waals surface area (Å²) in [5, 5.41) is 3.50. The molecule has 1 fully saturated rings. The maximum absolute atomic E-state index is 5.54. The van der Waals surface area contributed by atoms with E-state index in [0.29, 0.717) is 12.1 Å². The van der Waals surface area contributed by atoms with Crippen molar-refractivity contribution in [3.63, 3.8) is 0 Å². The number of methoxy groups -OCH3 is 1. The highest BCUT2D eigenvalue weighted by Gasteiger charge is 2.28. The van der Waals surface area contributed by atoms with Gasteiger partial charge in [-0.05, 0) is 26.7 Å². The normalized spacial score (nSPS) is 22.6. The summed E-state index contributed by atoms with van der Waals surface area (Å²) < 4.78 is 10.8. The van der Waals surface area contributed by atoms with Gasteiger partial charge in [-0.25, -0.2) is 0 Å². The van der Waals surface area contributed by atoms with Gasteiger partial charge in [0.15, 0.2) is 0 Å². The van der Waals surface area contributed by atoms with E-state index in [0.717, 1.165) is 43.1 Å². The molecule has 4 nitrogen and oxygen atoms in total. The standard InChI is InChI=1S/C14H22N2O2/c1-4-18-14-6-11(7-14)15-9-12-8-13(17-3)5-10(2)16-12/h5,8,11,14-15H,4,6-7,9H2,1-3H3. The average Bonchev–Trinajstić information content (AvgIpc) is 2.31. The second-order valence-corrected chi connectivity index (χ2v) is 4.77. The van der Waals surface area contributed by atoms with E-state index in [9.17, 15) is 0 Å². The fraction of sp³-hybridized carbons (Fsp3) is 0.643. The van der Waals surface area contributed by atoms with Crippen LogP contribution in [0, 0.1) is 6.92 Å². The van der Waals surface area contributed by atoms with Gasteiger partial charge in [0.1, 0.15) is 5.75 Å². The van der Waals surface area contributed by atoms with Crippen LogP contribution in [0.3, 0.4) is 0 Å². The Labute approximate surface area is 109 Å². The van der Waals surface area contributed by atoms with Crippen LogP contribution in [0.4, 0.5) is 0 Å². The quantitative estimate of drug-likeness (QED) is 0.839. The van der Waals surface area contributed by atoms with Crippen LogP contribution in [-0.2, 0) is 11.3 Å². The number of aryl methyl sites for hydroxylation is 1. The third-order valence-corrected chi connectivity index (χ3v) is 3.28. The number of rotatable bonds is 6. The van der Waals surface area contributed by atoms with Gasteiger partial charge in [-0.15, -0.1) is 0 Å². The molecule has 0 aromatic carbocycles. The van der Waals surface area contributed by atoms with Crippen LogP contribution in [0.1, 0.15) is 31.2 Å². The molecule has 0 spiro atoms. The van der Waals surface area contributed by atoms with Crippen molar-refractivity contribution in [1.29, 1.82) is 0 Å². The Morgan fingerprint density at radius 2 is 2.17 bits per heavy atom. The maximum Gasteiger partial charge on any atom is 0.122 e. The SMILES string of the molecule is CCOC1CC(NCc2cc(OC)cc(C)n2)C1. The highest BCUT2D eigenvalue weighted by Crippen LogP contribution is 2.23. The number of nitrogens with one attached hydrogen (secondary N) is 1. The minimum Gasteiger partial charge on any atom is -0.497 e. The lowest BCUT2D eigenvalue weighted by atomic mass is 9.89. The first-order valence-electron chi connectivity index (χ1n) is 6.57. The minimum atomic E-state index is 0.451. The summed E-state index contributed by atoms with van der Waals surface area (Å²) in [4.78, 5) is 4.49. The molecule has 18 heavy (non-hydrogen) atoms. The van der Waals surface area contributed by atoms with Gasteiger partial charge in [-0.1, -0.05) is 0 Å². The topological polar surface area (TPSA) is 43.4 Å². The van der Waals surface area contributed by atoms with Crippen molar-refractivity contribution in [2.24, 2.45) is 0 Å². The lowest BCUT2D eigenvalue weighted by Crippen LogP contribution is -2.45. The first kappa shape index (κ1) is 13.3. The van der Waals surface area contributed by atoms with Crippen LogP contribution >= 0.6 is 0 Å². The van der Waals surface area contributed by atoms with E-state index >= 15 is 0 Å². The molecule has 0 unspecified atom stereocenters. The van der Waals surface area contributed by atoms with Crippen molar-refractivity contribution < 1.29 is 9.47 Å². The third kappa shape index (κ3) is 3.43. The van der Waals surface area contributed by atoms with Crippen LogP contribution in [0.5, 0.6) is 5.75 Å². The summed E-state index contributed by atoms with van der Waals surface area (Å²) >= 11 is 0. The lowest BCUT2D eigenvalue weighted by molar-refractivity contribution is -0.0103. The summed E-state index contributed by atoms with van der Waals surface area (Å²) in [6.45, 7) is 5.64. The van der Waals surface area contributed by atoms with Crippen LogP contribution in [-0.4, -0.2) is 30.8 Å². The number of aromatic nitrogens is 1. The van der Waals surface area contributed by atoms with Crippen molar-refractivity contribution >= 4 is 0 Å². The van der Waals surface area contributed by atoms with E-state index in [2.05, 4.69) is 10.3 Å². The van der Waals surface area contributed by atoms with E-state index in [1.807, 2.05) is 26.0 Å². The molecule has 0 amide bonds. The van der Waals surface area contributed by atoms with Crippen molar-refractivity contribution in [2.45, 2.75) is 45.4 Å². The predicted octanol–water partition coefficient (Wildman–Crippen LogP) is 2.06. The molecule has 1 N–H and O–H groups in total. The van der Waals surface area contributed by atoms with Gasteiger partial charge < -0.3 is 14.8 Å². The number of ether oxygens (including phenoxy) is 2. The van der Waals surface area contributed by atoms with E-state index in [4.69, 9.17) is 9.47 Å². The molecule has 1 aliphatic carbocycles. The molecule has 2 rings (SSSR count). The highest BCUT2D eigenvalue weighted by atomic mass is 16.5. The van der Waals surface area contributed by atoms with Crippen molar-refractivity contribution in [2.75, 3.05) is 13.7 Å². The molecule has 1 saturated carbocycles.